The van der Waals surface area contributed by atoms with E-state index in [2.05, 4.69) is 153 Å². The summed E-state index contributed by atoms with van der Waals surface area (Å²) >= 11 is 0. The first-order valence-corrected chi connectivity index (χ1v) is 14.7. The number of H-pyrrole nitrogens is 1. The van der Waals surface area contributed by atoms with Crippen LogP contribution in [0.5, 0.6) is 0 Å². The Balaban J connectivity index is 1.61. The number of nitrogens with one attached hydrogen (secondary N) is 1. The highest BCUT2D eigenvalue weighted by Crippen LogP contribution is 2.43. The van der Waals surface area contributed by atoms with Crippen molar-refractivity contribution in [2.45, 2.75) is 20.8 Å². The van der Waals surface area contributed by atoms with Crippen LogP contribution in [0.2, 0.25) is 0 Å². The first kappa shape index (κ1) is 26.7. The molecule has 2 nitrogen and oxygen atoms in total. The average Bonchev–Trinajstić information content (AvgIpc) is 3.57. The van der Waals surface area contributed by atoms with Crippen molar-refractivity contribution < 1.29 is 4.49 Å². The molecule has 204 valence electrons. The number of hydrogen-bond donors (Lipinski definition) is 1. The highest BCUT2D eigenvalue weighted by molar-refractivity contribution is 6.21. The molecule has 0 atom stereocenters. The number of allylic oxidation sites excluding steroid dienone is 2. The fourth-order valence-electron chi connectivity index (χ4n) is 6.09. The number of aromatic nitrogens is 1. The van der Waals surface area contributed by atoms with E-state index in [-0.39, 0.29) is 0 Å². The summed E-state index contributed by atoms with van der Waals surface area (Å²) in [5.74, 6) is 0. The molecular weight excluding hydrogens is 519 g/mol. The minimum Gasteiger partial charge on any atom is -0.353 e. The monoisotopic (exact) mass is 551 g/mol. The van der Waals surface area contributed by atoms with E-state index in [0.717, 1.165) is 56.2 Å². The minimum absolute atomic E-state index is 0.963. The van der Waals surface area contributed by atoms with Gasteiger partial charge in [0.2, 0.25) is 0 Å². The largest absolute Gasteiger partial charge is 0.587 e. The predicted octanol–water partition coefficient (Wildman–Crippen LogP) is 9.20. The van der Waals surface area contributed by atoms with E-state index in [4.69, 9.17) is 7.98 Å². The van der Waals surface area contributed by atoms with Gasteiger partial charge < -0.3 is 4.98 Å². The van der Waals surface area contributed by atoms with Crippen LogP contribution in [0, 0.1) is 20.8 Å². The van der Waals surface area contributed by atoms with Gasteiger partial charge in [0.25, 0.3) is 0 Å². The zero-order valence-corrected chi connectivity index (χ0v) is 24.7. The van der Waals surface area contributed by atoms with Crippen LogP contribution in [-0.4, -0.2) is 23.2 Å². The Kier molecular flexibility index (Phi) is 6.79. The predicted molar refractivity (Wildman–Crippen MR) is 181 cm³/mol. The molecular formula is C40H32BN2+. The summed E-state index contributed by atoms with van der Waals surface area (Å²) in [7, 11) is 7.16. The third kappa shape index (κ3) is 4.77. The molecule has 0 aliphatic carbocycles. The van der Waals surface area contributed by atoms with Gasteiger partial charge in [0.15, 0.2) is 11.4 Å². The van der Waals surface area contributed by atoms with E-state index in [0.29, 0.717) is 0 Å². The summed E-state index contributed by atoms with van der Waals surface area (Å²) in [5, 5.41) is 2.38. The van der Waals surface area contributed by atoms with Crippen LogP contribution in [0.3, 0.4) is 0 Å². The highest BCUT2D eigenvalue weighted by Gasteiger charge is 2.34. The van der Waals surface area contributed by atoms with E-state index in [1.807, 2.05) is 10.6 Å². The summed E-state index contributed by atoms with van der Waals surface area (Å²) in [4.78, 5) is 3.93. The molecule has 1 aromatic heterocycles. The van der Waals surface area contributed by atoms with Crippen molar-refractivity contribution in [3.8, 4) is 11.3 Å². The fraction of sp³-hybridized carbons (Fsp3) is 0.0750. The fourth-order valence-corrected chi connectivity index (χ4v) is 6.09. The molecule has 0 saturated carbocycles. The molecule has 6 aromatic rings. The van der Waals surface area contributed by atoms with E-state index in [1.165, 1.54) is 27.5 Å². The number of aromatic amines is 1. The number of hydrogen-bond acceptors (Lipinski definition) is 0. The molecule has 3 heteroatoms. The van der Waals surface area contributed by atoms with Crippen molar-refractivity contribution in [2.24, 2.45) is 0 Å². The van der Waals surface area contributed by atoms with E-state index < -0.39 is 0 Å². The molecule has 0 bridgehead atoms. The third-order valence-corrected chi connectivity index (χ3v) is 8.50. The Morgan fingerprint density at radius 2 is 1.16 bits per heavy atom. The molecule has 0 amide bonds. The van der Waals surface area contributed by atoms with Crippen LogP contribution in [0.15, 0.2) is 139 Å². The van der Waals surface area contributed by atoms with Gasteiger partial charge in [0.1, 0.15) is 0 Å². The van der Waals surface area contributed by atoms with Crippen LogP contribution in [-0.2, 0) is 0 Å². The van der Waals surface area contributed by atoms with Gasteiger partial charge in [-0.1, -0.05) is 109 Å². The lowest BCUT2D eigenvalue weighted by molar-refractivity contribution is -0.296. The summed E-state index contributed by atoms with van der Waals surface area (Å²) in [5.41, 5.74) is 14.5. The second-order valence-electron chi connectivity index (χ2n) is 11.4. The molecule has 0 saturated heterocycles. The van der Waals surface area contributed by atoms with Gasteiger partial charge in [-0.3, -0.25) is 4.49 Å². The molecule has 7 rings (SSSR count). The van der Waals surface area contributed by atoms with Crippen LogP contribution in [0.25, 0.3) is 33.2 Å². The zero-order chi connectivity index (χ0) is 29.5. The van der Waals surface area contributed by atoms with Gasteiger partial charge in [0, 0.05) is 22.4 Å². The molecule has 1 aliphatic rings. The number of rotatable bonds is 5. The standard InChI is InChI=1S/C40H32BN2/c1-26-19-21-32(22-20-26)38-34-23-27(2)28(3)24-35(34)39(42-38)37(31-17-11-6-12-18-31)40-33(29-13-7-4-8-14-29)25-36(43(40)41)30-15-9-5-10-16-30/h4-25,42H,1-3H3/q+1. The molecule has 0 unspecified atom stereocenters. The Morgan fingerprint density at radius 3 is 1.79 bits per heavy atom. The van der Waals surface area contributed by atoms with E-state index in [1.54, 1.807) is 0 Å². The van der Waals surface area contributed by atoms with Crippen molar-refractivity contribution in [3.63, 3.8) is 0 Å². The number of aryl methyl sites for hydroxylation is 3. The van der Waals surface area contributed by atoms with E-state index in [9.17, 15) is 0 Å². The normalized spacial score (nSPS) is 14.3. The topological polar surface area (TPSA) is 18.8 Å². The van der Waals surface area contributed by atoms with Crippen molar-refractivity contribution in [2.75, 3.05) is 0 Å². The van der Waals surface area contributed by atoms with Crippen LogP contribution < -0.4 is 0 Å². The van der Waals surface area contributed by atoms with Gasteiger partial charge in [-0.2, -0.15) is 0 Å². The minimum atomic E-state index is 0.963. The maximum atomic E-state index is 7.16. The summed E-state index contributed by atoms with van der Waals surface area (Å²) in [6, 6.07) is 45.0. The Hall–Kier alpha value is -5.15. The van der Waals surface area contributed by atoms with E-state index >= 15 is 0 Å². The van der Waals surface area contributed by atoms with Crippen molar-refractivity contribution in [3.05, 3.63) is 178 Å². The quantitative estimate of drug-likeness (QED) is 0.206. The lowest BCUT2D eigenvalue weighted by atomic mass is 9.91. The van der Waals surface area contributed by atoms with Gasteiger partial charge >= 0.3 is 7.98 Å². The van der Waals surface area contributed by atoms with Crippen molar-refractivity contribution in [1.82, 2.24) is 4.98 Å². The van der Waals surface area contributed by atoms with Gasteiger partial charge in [-0.15, -0.1) is 0 Å². The van der Waals surface area contributed by atoms with Crippen LogP contribution in [0.1, 0.15) is 39.1 Å². The maximum Gasteiger partial charge on any atom is 0.587 e. The van der Waals surface area contributed by atoms with Gasteiger partial charge in [0.05, 0.1) is 22.5 Å². The maximum absolute atomic E-state index is 7.16. The second-order valence-corrected chi connectivity index (χ2v) is 11.4. The molecule has 5 aromatic carbocycles. The first-order chi connectivity index (χ1) is 21.0. The number of benzene rings is 5. The third-order valence-electron chi connectivity index (χ3n) is 8.50. The smallest absolute Gasteiger partial charge is 0.353 e. The zero-order valence-electron chi connectivity index (χ0n) is 24.7. The van der Waals surface area contributed by atoms with Crippen molar-refractivity contribution >= 4 is 35.6 Å². The molecule has 1 aliphatic heterocycles. The van der Waals surface area contributed by atoms with Gasteiger partial charge in [-0.05, 0) is 72.9 Å². The molecule has 1 N–H and O–H groups in total. The SMILES string of the molecule is [B][N+]1=C(c2ccccc2)C=C(c2ccccc2)/C1=C(\c1ccccc1)c1[nH]c(-c2ccc(C)cc2)c2cc(C)c(C)cc12. The molecule has 0 spiro atoms. The Bertz CT molecular complexity index is 2060. The highest BCUT2D eigenvalue weighted by atomic mass is 15.0. The molecule has 2 heterocycles. The molecule has 2 radical (unpaired) electrons. The summed E-state index contributed by atoms with van der Waals surface area (Å²) in [6.45, 7) is 6.50. The first-order valence-electron chi connectivity index (χ1n) is 14.7. The van der Waals surface area contributed by atoms with Gasteiger partial charge in [-0.25, -0.2) is 0 Å². The Labute approximate surface area is 254 Å². The molecule has 43 heavy (non-hydrogen) atoms. The molecule has 0 fully saturated rings. The summed E-state index contributed by atoms with van der Waals surface area (Å²) < 4.78 is 1.87. The van der Waals surface area contributed by atoms with Crippen LogP contribution in [0.4, 0.5) is 0 Å². The number of fused-ring (bicyclic) bond motifs is 1. The van der Waals surface area contributed by atoms with Crippen molar-refractivity contribution in [1.29, 1.82) is 0 Å². The van der Waals surface area contributed by atoms with Crippen LogP contribution >= 0.6 is 0 Å². The lowest BCUT2D eigenvalue weighted by Gasteiger charge is -2.13. The lowest BCUT2D eigenvalue weighted by Crippen LogP contribution is -2.15. The summed E-state index contributed by atoms with van der Waals surface area (Å²) in [6.07, 6.45) is 2.23. The average molecular weight is 552 g/mol. The number of nitrogens with zero attached hydrogens (tertiary/aromatic N) is 1. The second kappa shape index (κ2) is 10.9. The Morgan fingerprint density at radius 1 is 0.605 bits per heavy atom.